The molecule has 2 heterocycles. The van der Waals surface area contributed by atoms with Gasteiger partial charge in [-0.15, -0.1) is 0 Å². The Balaban J connectivity index is 1.67. The molecule has 4 nitrogen and oxygen atoms in total. The Morgan fingerprint density at radius 1 is 1.00 bits per heavy atom. The average Bonchev–Trinajstić information content (AvgIpc) is 3.07. The first-order valence-electron chi connectivity index (χ1n) is 11.3. The van der Waals surface area contributed by atoms with Gasteiger partial charge in [-0.05, 0) is 74.7 Å². The molecule has 3 aromatic carbocycles. The van der Waals surface area contributed by atoms with Crippen molar-refractivity contribution in [2.45, 2.75) is 45.1 Å². The maximum Gasteiger partial charge on any atom is 0.278 e. The highest BCUT2D eigenvalue weighted by Gasteiger charge is 2.53. The summed E-state index contributed by atoms with van der Waals surface area (Å²) in [6, 6.07) is 21.8. The Bertz CT molecular complexity index is 1260. The van der Waals surface area contributed by atoms with Gasteiger partial charge in [0.15, 0.2) is 0 Å². The summed E-state index contributed by atoms with van der Waals surface area (Å²) >= 11 is 6.18. The number of ether oxygens (including phenoxy) is 1. The van der Waals surface area contributed by atoms with Gasteiger partial charge < -0.3 is 9.64 Å². The molecular formula is C28H27ClN2O2. The third-order valence-corrected chi connectivity index (χ3v) is 7.03. The molecule has 0 aromatic heterocycles. The summed E-state index contributed by atoms with van der Waals surface area (Å²) in [7, 11) is 0. The fourth-order valence-electron chi connectivity index (χ4n) is 5.46. The molecule has 0 fully saturated rings. The van der Waals surface area contributed by atoms with Gasteiger partial charge in [-0.1, -0.05) is 48.9 Å². The van der Waals surface area contributed by atoms with E-state index in [1.54, 1.807) is 0 Å². The molecular weight excluding hydrogens is 432 g/mol. The number of nitrogens with zero attached hydrogens (tertiary/aromatic N) is 2. The van der Waals surface area contributed by atoms with E-state index in [1.807, 2.05) is 60.4 Å². The number of benzene rings is 3. The molecule has 0 saturated carbocycles. The van der Waals surface area contributed by atoms with Crippen LogP contribution in [0.4, 0.5) is 11.4 Å². The summed E-state index contributed by atoms with van der Waals surface area (Å²) in [5.41, 5.74) is 4.78. The van der Waals surface area contributed by atoms with E-state index in [1.165, 1.54) is 5.56 Å². The van der Waals surface area contributed by atoms with Crippen LogP contribution in [0.15, 0.2) is 71.7 Å². The third-order valence-electron chi connectivity index (χ3n) is 6.78. The van der Waals surface area contributed by atoms with Crippen LogP contribution in [0.1, 0.15) is 50.8 Å². The van der Waals surface area contributed by atoms with Crippen LogP contribution in [0.3, 0.4) is 0 Å². The molecule has 0 aliphatic carbocycles. The minimum Gasteiger partial charge on any atom is -0.494 e. The maximum atomic E-state index is 13.7. The summed E-state index contributed by atoms with van der Waals surface area (Å²) < 4.78 is 5.53. The highest BCUT2D eigenvalue weighted by Crippen LogP contribution is 2.54. The van der Waals surface area contributed by atoms with Gasteiger partial charge in [-0.25, -0.2) is 4.99 Å². The van der Waals surface area contributed by atoms with Gasteiger partial charge in [0, 0.05) is 21.5 Å². The number of para-hydroxylation sites is 1. The zero-order chi connectivity index (χ0) is 23.4. The number of hydrogen-bond donors (Lipinski definition) is 0. The SMILES string of the molecule is CCOc1ccc(N=C2C(=O)N3c4c2cccc4[C@@](C)(c2ccc(Cl)cc2)CC3(C)C)cc1. The summed E-state index contributed by atoms with van der Waals surface area (Å²) in [5.74, 6) is 0.746. The fraction of sp³-hybridized carbons (Fsp3) is 0.286. The Morgan fingerprint density at radius 2 is 1.70 bits per heavy atom. The van der Waals surface area contributed by atoms with Gasteiger partial charge in [-0.3, -0.25) is 4.79 Å². The van der Waals surface area contributed by atoms with Crippen molar-refractivity contribution in [2.75, 3.05) is 11.5 Å². The van der Waals surface area contributed by atoms with E-state index in [2.05, 4.69) is 39.0 Å². The van der Waals surface area contributed by atoms with E-state index in [0.29, 0.717) is 12.3 Å². The van der Waals surface area contributed by atoms with Crippen molar-refractivity contribution in [3.8, 4) is 5.75 Å². The van der Waals surface area contributed by atoms with Crippen molar-refractivity contribution in [3.63, 3.8) is 0 Å². The lowest BCUT2D eigenvalue weighted by molar-refractivity contribution is -0.113. The van der Waals surface area contributed by atoms with Gasteiger partial charge in [-0.2, -0.15) is 0 Å². The quantitative estimate of drug-likeness (QED) is 0.436. The highest BCUT2D eigenvalue weighted by atomic mass is 35.5. The molecule has 3 aromatic rings. The second-order valence-corrected chi connectivity index (χ2v) is 9.99. The first kappa shape index (κ1) is 21.7. The molecule has 0 bridgehead atoms. The molecule has 1 atom stereocenters. The molecule has 0 radical (unpaired) electrons. The molecule has 5 heteroatoms. The molecule has 5 rings (SSSR count). The summed E-state index contributed by atoms with van der Waals surface area (Å²) in [5, 5.41) is 0.720. The van der Waals surface area contributed by atoms with E-state index in [0.717, 1.165) is 39.7 Å². The molecule has 0 N–H and O–H groups in total. The number of aliphatic imine (C=N–C) groups is 1. The number of carbonyl (C=O) groups excluding carboxylic acids is 1. The molecule has 2 aliphatic heterocycles. The molecule has 0 spiro atoms. The summed E-state index contributed by atoms with van der Waals surface area (Å²) in [6.45, 7) is 9.10. The van der Waals surface area contributed by atoms with Gasteiger partial charge in [0.2, 0.25) is 0 Å². The van der Waals surface area contributed by atoms with Gasteiger partial charge in [0.1, 0.15) is 11.5 Å². The number of hydrogen-bond acceptors (Lipinski definition) is 3. The highest BCUT2D eigenvalue weighted by molar-refractivity contribution is 6.55. The molecule has 168 valence electrons. The number of anilines is 1. The number of amides is 1. The molecule has 0 saturated heterocycles. The van der Waals surface area contributed by atoms with Crippen LogP contribution in [0.5, 0.6) is 5.75 Å². The van der Waals surface area contributed by atoms with E-state index in [9.17, 15) is 4.79 Å². The normalized spacial score (nSPS) is 21.9. The van der Waals surface area contributed by atoms with Crippen molar-refractivity contribution in [1.29, 1.82) is 0 Å². The Labute approximate surface area is 199 Å². The number of halogens is 1. The van der Waals surface area contributed by atoms with Crippen LogP contribution in [-0.4, -0.2) is 23.8 Å². The van der Waals surface area contributed by atoms with E-state index < -0.39 is 0 Å². The fourth-order valence-corrected chi connectivity index (χ4v) is 5.58. The summed E-state index contributed by atoms with van der Waals surface area (Å²) in [6.07, 6.45) is 0.792. The van der Waals surface area contributed by atoms with E-state index in [-0.39, 0.29) is 16.9 Å². The second kappa shape index (κ2) is 7.74. The molecule has 1 amide bonds. The Hall–Kier alpha value is -3.11. The van der Waals surface area contributed by atoms with Crippen molar-refractivity contribution in [1.82, 2.24) is 0 Å². The lowest BCUT2D eigenvalue weighted by Crippen LogP contribution is -2.54. The molecule has 2 aliphatic rings. The van der Waals surface area contributed by atoms with Crippen molar-refractivity contribution < 1.29 is 9.53 Å². The Kier molecular flexibility index (Phi) is 5.09. The van der Waals surface area contributed by atoms with Gasteiger partial charge in [0.05, 0.1) is 18.0 Å². The second-order valence-electron chi connectivity index (χ2n) is 9.56. The first-order chi connectivity index (χ1) is 15.7. The third kappa shape index (κ3) is 3.44. The summed E-state index contributed by atoms with van der Waals surface area (Å²) in [4.78, 5) is 20.5. The monoisotopic (exact) mass is 458 g/mol. The van der Waals surface area contributed by atoms with Gasteiger partial charge in [0.25, 0.3) is 5.91 Å². The van der Waals surface area contributed by atoms with Crippen LogP contribution >= 0.6 is 11.6 Å². The topological polar surface area (TPSA) is 41.9 Å². The Morgan fingerprint density at radius 3 is 2.36 bits per heavy atom. The predicted octanol–water partition coefficient (Wildman–Crippen LogP) is 6.69. The van der Waals surface area contributed by atoms with Crippen LogP contribution in [0.2, 0.25) is 5.02 Å². The lowest BCUT2D eigenvalue weighted by Gasteiger charge is -2.49. The van der Waals surface area contributed by atoms with Crippen LogP contribution in [-0.2, 0) is 10.2 Å². The zero-order valence-corrected chi connectivity index (χ0v) is 20.1. The van der Waals surface area contributed by atoms with E-state index in [4.69, 9.17) is 21.3 Å². The van der Waals surface area contributed by atoms with Crippen molar-refractivity contribution in [2.24, 2.45) is 4.99 Å². The molecule has 33 heavy (non-hydrogen) atoms. The van der Waals surface area contributed by atoms with Crippen LogP contribution < -0.4 is 9.64 Å². The number of rotatable bonds is 4. The zero-order valence-electron chi connectivity index (χ0n) is 19.4. The standard InChI is InChI=1S/C28H27ClN2O2/c1-5-33-21-15-13-20(14-16-21)30-24-22-7-6-8-23-25(22)31(26(24)32)27(2,3)17-28(23,4)18-9-11-19(29)12-10-18/h6-16H,5,17H2,1-4H3/t28-/m1/s1. The van der Waals surface area contributed by atoms with E-state index >= 15 is 0 Å². The van der Waals surface area contributed by atoms with Crippen LogP contribution in [0.25, 0.3) is 0 Å². The van der Waals surface area contributed by atoms with Crippen LogP contribution in [0, 0.1) is 0 Å². The van der Waals surface area contributed by atoms with Crippen molar-refractivity contribution in [3.05, 3.63) is 88.4 Å². The largest absolute Gasteiger partial charge is 0.494 e. The minimum atomic E-state index is -0.384. The number of carbonyl (C=O) groups is 1. The first-order valence-corrected chi connectivity index (χ1v) is 11.7. The molecule has 0 unspecified atom stereocenters. The lowest BCUT2D eigenvalue weighted by atomic mass is 9.65. The van der Waals surface area contributed by atoms with Gasteiger partial charge >= 0.3 is 0 Å². The average molecular weight is 459 g/mol. The predicted molar refractivity (Wildman–Crippen MR) is 134 cm³/mol. The smallest absolute Gasteiger partial charge is 0.278 e. The minimum absolute atomic E-state index is 0.0468. The maximum absolute atomic E-state index is 13.7. The van der Waals surface area contributed by atoms with Crippen molar-refractivity contribution >= 4 is 34.6 Å².